The van der Waals surface area contributed by atoms with Crippen molar-refractivity contribution in [3.63, 3.8) is 0 Å². The summed E-state index contributed by atoms with van der Waals surface area (Å²) in [6.07, 6.45) is 1.71. The molecule has 1 aliphatic rings. The summed E-state index contributed by atoms with van der Waals surface area (Å²) >= 11 is 1.50. The van der Waals surface area contributed by atoms with E-state index in [4.69, 9.17) is 4.74 Å². The smallest absolute Gasteiger partial charge is 0.254 e. The molecule has 0 aliphatic carbocycles. The Morgan fingerprint density at radius 2 is 1.91 bits per heavy atom. The lowest BCUT2D eigenvalue weighted by Gasteiger charge is -2.35. The van der Waals surface area contributed by atoms with Crippen LogP contribution in [-0.4, -0.2) is 48.6 Å². The van der Waals surface area contributed by atoms with Gasteiger partial charge in [-0.2, -0.15) is 0 Å². The highest BCUT2D eigenvalue weighted by Crippen LogP contribution is 2.31. The van der Waals surface area contributed by atoms with Crippen LogP contribution in [0.4, 0.5) is 4.39 Å². The largest absolute Gasteiger partial charge is 0.379 e. The first-order chi connectivity index (χ1) is 16.0. The van der Waals surface area contributed by atoms with Crippen molar-refractivity contribution in [2.24, 2.45) is 0 Å². The van der Waals surface area contributed by atoms with Crippen molar-refractivity contribution in [1.29, 1.82) is 0 Å². The lowest BCUT2D eigenvalue weighted by molar-refractivity contribution is 0.0162. The normalized spacial score (nSPS) is 15.2. The van der Waals surface area contributed by atoms with Gasteiger partial charge < -0.3 is 10.1 Å². The monoisotopic (exact) mass is 465 g/mol. The number of benzene rings is 2. The van der Waals surface area contributed by atoms with Crippen LogP contribution in [0.2, 0.25) is 0 Å². The topological polar surface area (TPSA) is 54.5 Å². The molecule has 2 aromatic carbocycles. The van der Waals surface area contributed by atoms with E-state index < -0.39 is 0 Å². The molecule has 3 aromatic rings. The Kier molecular flexibility index (Phi) is 7.75. The van der Waals surface area contributed by atoms with E-state index in [0.29, 0.717) is 30.3 Å². The zero-order valence-electron chi connectivity index (χ0n) is 18.9. The Morgan fingerprint density at radius 1 is 1.15 bits per heavy atom. The van der Waals surface area contributed by atoms with Crippen molar-refractivity contribution < 1.29 is 13.9 Å². The first kappa shape index (κ1) is 23.4. The van der Waals surface area contributed by atoms with Gasteiger partial charge in [0.15, 0.2) is 0 Å². The highest BCUT2D eigenvalue weighted by Gasteiger charge is 2.24. The van der Waals surface area contributed by atoms with Gasteiger partial charge in [0.25, 0.3) is 5.91 Å². The molecule has 1 saturated heterocycles. The summed E-state index contributed by atoms with van der Waals surface area (Å²) in [5, 5.41) is 3.76. The van der Waals surface area contributed by atoms with Crippen molar-refractivity contribution >= 4 is 17.7 Å². The Balaban J connectivity index is 1.51. The predicted molar refractivity (Wildman–Crippen MR) is 128 cm³/mol. The van der Waals surface area contributed by atoms with Gasteiger partial charge in [-0.1, -0.05) is 41.6 Å². The number of pyridine rings is 1. The van der Waals surface area contributed by atoms with Crippen LogP contribution in [0.15, 0.2) is 70.7 Å². The third kappa shape index (κ3) is 5.99. The van der Waals surface area contributed by atoms with Gasteiger partial charge in [-0.05, 0) is 55.3 Å². The summed E-state index contributed by atoms with van der Waals surface area (Å²) in [6.45, 7) is 7.35. The number of nitrogens with one attached hydrogen (secondary N) is 1. The molecule has 1 fully saturated rings. The van der Waals surface area contributed by atoms with Crippen molar-refractivity contribution in [2.45, 2.75) is 29.8 Å². The fourth-order valence-corrected chi connectivity index (χ4v) is 4.93. The number of ether oxygens (including phenoxy) is 1. The number of carbonyl (C=O) groups excluding carboxylic acids is 1. The second-order valence-electron chi connectivity index (χ2n) is 8.15. The van der Waals surface area contributed by atoms with Crippen molar-refractivity contribution in [2.75, 3.05) is 32.8 Å². The molecule has 0 spiro atoms. The van der Waals surface area contributed by atoms with Crippen LogP contribution in [0.5, 0.6) is 0 Å². The molecule has 1 aliphatic heterocycles. The average Bonchev–Trinajstić information content (AvgIpc) is 2.83. The van der Waals surface area contributed by atoms with E-state index in [9.17, 15) is 9.18 Å². The average molecular weight is 466 g/mol. The van der Waals surface area contributed by atoms with Crippen molar-refractivity contribution in [1.82, 2.24) is 15.2 Å². The maximum absolute atomic E-state index is 13.5. The molecule has 0 unspecified atom stereocenters. The van der Waals surface area contributed by atoms with Crippen LogP contribution in [0, 0.1) is 19.7 Å². The molecule has 1 atom stereocenters. The molecule has 33 heavy (non-hydrogen) atoms. The number of halogens is 1. The summed E-state index contributed by atoms with van der Waals surface area (Å²) in [7, 11) is 0. The van der Waals surface area contributed by atoms with E-state index in [2.05, 4.69) is 47.2 Å². The molecule has 0 radical (unpaired) electrons. The van der Waals surface area contributed by atoms with Gasteiger partial charge >= 0.3 is 0 Å². The lowest BCUT2D eigenvalue weighted by atomic mass is 10.0. The molecule has 0 saturated carbocycles. The molecular weight excluding hydrogens is 437 g/mol. The summed E-state index contributed by atoms with van der Waals surface area (Å²) in [5.41, 5.74) is 3.86. The van der Waals surface area contributed by atoms with Gasteiger partial charge in [0.1, 0.15) is 10.8 Å². The highest BCUT2D eigenvalue weighted by atomic mass is 32.2. The maximum atomic E-state index is 13.5. The van der Waals surface area contributed by atoms with Crippen LogP contribution in [0.1, 0.15) is 33.1 Å². The zero-order valence-corrected chi connectivity index (χ0v) is 19.7. The van der Waals surface area contributed by atoms with Gasteiger partial charge in [0, 0.05) is 30.7 Å². The van der Waals surface area contributed by atoms with Crippen LogP contribution in [0.3, 0.4) is 0 Å². The number of rotatable bonds is 7. The van der Waals surface area contributed by atoms with Crippen molar-refractivity contribution in [3.8, 4) is 0 Å². The number of hydrogen-bond donors (Lipinski definition) is 1. The highest BCUT2D eigenvalue weighted by molar-refractivity contribution is 7.99. The summed E-state index contributed by atoms with van der Waals surface area (Å²) in [4.78, 5) is 21.0. The second-order valence-corrected chi connectivity index (χ2v) is 9.18. The fourth-order valence-electron chi connectivity index (χ4n) is 3.98. The summed E-state index contributed by atoms with van der Waals surface area (Å²) < 4.78 is 19.0. The lowest BCUT2D eigenvalue weighted by Crippen LogP contribution is -2.43. The third-order valence-corrected chi connectivity index (χ3v) is 6.95. The second kappa shape index (κ2) is 10.9. The minimum atomic E-state index is -0.271. The number of hydrogen-bond acceptors (Lipinski definition) is 5. The standard InChI is InChI=1S/C26H28FN3O2S/c1-18-5-10-24(19(2)16-18)33-26-22(4-3-11-28-26)25(31)29-17-23(30-12-14-32-15-13-30)20-6-8-21(27)9-7-20/h3-11,16,23H,12-15,17H2,1-2H3,(H,29,31)/t23-/m0/s1. The number of amides is 1. The fraction of sp³-hybridized carbons (Fsp3) is 0.308. The predicted octanol–water partition coefficient (Wildman–Crippen LogP) is 4.79. The third-order valence-electron chi connectivity index (χ3n) is 5.75. The molecule has 1 aromatic heterocycles. The molecule has 0 bridgehead atoms. The molecule has 4 rings (SSSR count). The first-order valence-corrected chi connectivity index (χ1v) is 11.9. The number of morpholine rings is 1. The number of aromatic nitrogens is 1. The molecule has 5 nitrogen and oxygen atoms in total. The number of aryl methyl sites for hydroxylation is 2. The van der Waals surface area contributed by atoms with E-state index >= 15 is 0 Å². The van der Waals surface area contributed by atoms with Gasteiger partial charge in [0.05, 0.1) is 24.8 Å². The van der Waals surface area contributed by atoms with E-state index in [1.165, 1.54) is 29.5 Å². The van der Waals surface area contributed by atoms with E-state index in [1.807, 2.05) is 0 Å². The van der Waals surface area contributed by atoms with Gasteiger partial charge in [0.2, 0.25) is 0 Å². The Morgan fingerprint density at radius 3 is 2.64 bits per heavy atom. The Bertz CT molecular complexity index is 1100. The minimum Gasteiger partial charge on any atom is -0.379 e. The summed E-state index contributed by atoms with van der Waals surface area (Å²) in [6, 6.07) is 16.3. The minimum absolute atomic E-state index is 0.0643. The van der Waals surface area contributed by atoms with Crippen LogP contribution in [0.25, 0.3) is 0 Å². The number of carbonyl (C=O) groups is 1. The van der Waals surface area contributed by atoms with Gasteiger partial charge in [-0.15, -0.1) is 0 Å². The molecule has 172 valence electrons. The maximum Gasteiger partial charge on any atom is 0.254 e. The van der Waals surface area contributed by atoms with Crippen molar-refractivity contribution in [3.05, 3.63) is 88.9 Å². The zero-order chi connectivity index (χ0) is 23.2. The quantitative estimate of drug-likeness (QED) is 0.544. The molecular formula is C26H28FN3O2S. The van der Waals surface area contributed by atoms with E-state index in [0.717, 1.165) is 29.1 Å². The van der Waals surface area contributed by atoms with Gasteiger partial charge in [-0.25, -0.2) is 9.37 Å². The Hall–Kier alpha value is -2.74. The van der Waals surface area contributed by atoms with Crippen LogP contribution >= 0.6 is 11.8 Å². The van der Waals surface area contributed by atoms with E-state index in [-0.39, 0.29) is 17.8 Å². The number of nitrogens with zero attached hydrogens (tertiary/aromatic N) is 2. The molecule has 7 heteroatoms. The van der Waals surface area contributed by atoms with Gasteiger partial charge in [-0.3, -0.25) is 9.69 Å². The first-order valence-electron chi connectivity index (χ1n) is 11.1. The Labute approximate surface area is 198 Å². The SMILES string of the molecule is Cc1ccc(Sc2ncccc2C(=O)NC[C@@H](c2ccc(F)cc2)N2CCOCC2)c(C)c1. The molecule has 1 amide bonds. The van der Waals surface area contributed by atoms with Crippen LogP contribution < -0.4 is 5.32 Å². The van der Waals surface area contributed by atoms with Crippen LogP contribution in [-0.2, 0) is 4.74 Å². The molecule has 2 heterocycles. The van der Waals surface area contributed by atoms with E-state index in [1.54, 1.807) is 30.5 Å². The summed E-state index contributed by atoms with van der Waals surface area (Å²) in [5.74, 6) is -0.442. The molecule has 1 N–H and O–H groups in total.